The molecule has 1 fully saturated rings. The van der Waals surface area contributed by atoms with Crippen molar-refractivity contribution < 1.29 is 18.3 Å². The van der Waals surface area contributed by atoms with Gasteiger partial charge in [-0.25, -0.2) is 8.78 Å². The SMILES string of the molecule is COC(C(=O)Cc1cc(F)ccc1F)C1CC1. The number of rotatable bonds is 5. The lowest BCUT2D eigenvalue weighted by Gasteiger charge is -2.13. The van der Waals surface area contributed by atoms with Crippen molar-refractivity contribution in [2.75, 3.05) is 7.11 Å². The summed E-state index contributed by atoms with van der Waals surface area (Å²) in [5.41, 5.74) is 0.0951. The van der Waals surface area contributed by atoms with Gasteiger partial charge in [0.25, 0.3) is 0 Å². The van der Waals surface area contributed by atoms with E-state index in [-0.39, 0.29) is 23.7 Å². The van der Waals surface area contributed by atoms with Crippen LogP contribution in [0.3, 0.4) is 0 Å². The topological polar surface area (TPSA) is 26.3 Å². The molecule has 1 saturated carbocycles. The van der Waals surface area contributed by atoms with Crippen LogP contribution in [0.2, 0.25) is 0 Å². The van der Waals surface area contributed by atoms with Gasteiger partial charge >= 0.3 is 0 Å². The van der Waals surface area contributed by atoms with Crippen molar-refractivity contribution in [3.63, 3.8) is 0 Å². The maximum absolute atomic E-state index is 13.4. The van der Waals surface area contributed by atoms with Crippen LogP contribution in [0.25, 0.3) is 0 Å². The lowest BCUT2D eigenvalue weighted by atomic mass is 10.0. The van der Waals surface area contributed by atoms with Crippen LogP contribution in [0.4, 0.5) is 8.78 Å². The molecule has 0 aliphatic heterocycles. The molecule has 1 aromatic carbocycles. The number of carbonyl (C=O) groups is 1. The highest BCUT2D eigenvalue weighted by molar-refractivity contribution is 5.85. The Morgan fingerprint density at radius 1 is 1.47 bits per heavy atom. The van der Waals surface area contributed by atoms with Gasteiger partial charge in [0.2, 0.25) is 0 Å². The van der Waals surface area contributed by atoms with Gasteiger partial charge < -0.3 is 4.74 Å². The third-order valence-corrected chi connectivity index (χ3v) is 2.99. The lowest BCUT2D eigenvalue weighted by Crippen LogP contribution is -2.27. The summed E-state index contributed by atoms with van der Waals surface area (Å²) in [6, 6.07) is 3.14. The number of halogens is 2. The van der Waals surface area contributed by atoms with E-state index in [9.17, 15) is 13.6 Å². The van der Waals surface area contributed by atoms with E-state index >= 15 is 0 Å². The molecule has 2 rings (SSSR count). The number of carbonyl (C=O) groups excluding carboxylic acids is 1. The average Bonchev–Trinajstić information content (AvgIpc) is 3.09. The van der Waals surface area contributed by atoms with Crippen LogP contribution in [0, 0.1) is 17.6 Å². The van der Waals surface area contributed by atoms with Gasteiger partial charge in [0, 0.05) is 13.5 Å². The van der Waals surface area contributed by atoms with E-state index in [0.717, 1.165) is 31.0 Å². The molecule has 0 aromatic heterocycles. The molecule has 0 saturated heterocycles. The van der Waals surface area contributed by atoms with Gasteiger partial charge in [-0.15, -0.1) is 0 Å². The maximum atomic E-state index is 13.4. The first kappa shape index (κ1) is 12.2. The summed E-state index contributed by atoms with van der Waals surface area (Å²) in [6.07, 6.45) is 1.35. The summed E-state index contributed by atoms with van der Waals surface area (Å²) in [4.78, 5) is 11.9. The molecule has 0 heterocycles. The fourth-order valence-electron chi connectivity index (χ4n) is 1.95. The van der Waals surface area contributed by atoms with Crippen molar-refractivity contribution in [3.8, 4) is 0 Å². The molecule has 4 heteroatoms. The number of benzene rings is 1. The Kier molecular flexibility index (Phi) is 3.52. The molecule has 1 atom stereocenters. The molecule has 0 radical (unpaired) electrons. The Morgan fingerprint density at radius 3 is 2.76 bits per heavy atom. The molecule has 17 heavy (non-hydrogen) atoms. The fourth-order valence-corrected chi connectivity index (χ4v) is 1.95. The molecule has 0 N–H and O–H groups in total. The predicted octanol–water partition coefficient (Wildman–Crippen LogP) is 2.50. The summed E-state index contributed by atoms with van der Waals surface area (Å²) in [6.45, 7) is 0. The second kappa shape index (κ2) is 4.92. The molecule has 1 aliphatic rings. The summed E-state index contributed by atoms with van der Waals surface area (Å²) in [5.74, 6) is -1.01. The highest BCUT2D eigenvalue weighted by Crippen LogP contribution is 2.35. The Bertz CT molecular complexity index is 427. The summed E-state index contributed by atoms with van der Waals surface area (Å²) in [5, 5.41) is 0. The van der Waals surface area contributed by atoms with E-state index in [1.54, 1.807) is 0 Å². The summed E-state index contributed by atoms with van der Waals surface area (Å²) >= 11 is 0. The normalized spacial score (nSPS) is 16.9. The smallest absolute Gasteiger partial charge is 0.166 e. The van der Waals surface area contributed by atoms with Gasteiger partial charge in [0.15, 0.2) is 5.78 Å². The first-order chi connectivity index (χ1) is 8.11. The lowest BCUT2D eigenvalue weighted by molar-refractivity contribution is -0.129. The number of ketones is 1. The first-order valence-electron chi connectivity index (χ1n) is 5.61. The van der Waals surface area contributed by atoms with Gasteiger partial charge in [-0.05, 0) is 42.5 Å². The molecule has 2 nitrogen and oxygen atoms in total. The zero-order valence-corrected chi connectivity index (χ0v) is 9.58. The van der Waals surface area contributed by atoms with Crippen molar-refractivity contribution in [1.82, 2.24) is 0 Å². The molecule has 0 bridgehead atoms. The van der Waals surface area contributed by atoms with Gasteiger partial charge in [-0.3, -0.25) is 4.79 Å². The second-order valence-corrected chi connectivity index (χ2v) is 4.37. The summed E-state index contributed by atoms with van der Waals surface area (Å²) in [7, 11) is 1.48. The Morgan fingerprint density at radius 2 is 2.18 bits per heavy atom. The molecule has 1 unspecified atom stereocenters. The number of hydrogen-bond donors (Lipinski definition) is 0. The van der Waals surface area contributed by atoms with Crippen molar-refractivity contribution in [1.29, 1.82) is 0 Å². The minimum Gasteiger partial charge on any atom is -0.373 e. The standard InChI is InChI=1S/C13H14F2O2/c1-17-13(8-2-3-8)12(16)7-9-6-10(14)4-5-11(9)15/h4-6,8,13H,2-3,7H2,1H3. The highest BCUT2D eigenvalue weighted by Gasteiger charge is 2.36. The van der Waals surface area contributed by atoms with Gasteiger partial charge in [-0.1, -0.05) is 0 Å². The van der Waals surface area contributed by atoms with Crippen LogP contribution < -0.4 is 0 Å². The van der Waals surface area contributed by atoms with Crippen LogP contribution in [-0.4, -0.2) is 19.0 Å². The number of methoxy groups -OCH3 is 1. The van der Waals surface area contributed by atoms with Crippen molar-refractivity contribution in [2.24, 2.45) is 5.92 Å². The van der Waals surface area contributed by atoms with Crippen molar-refractivity contribution in [2.45, 2.75) is 25.4 Å². The Labute approximate surface area is 98.6 Å². The largest absolute Gasteiger partial charge is 0.373 e. The van der Waals surface area contributed by atoms with Gasteiger partial charge in [0.1, 0.15) is 17.7 Å². The van der Waals surface area contributed by atoms with Gasteiger partial charge in [0.05, 0.1) is 0 Å². The van der Waals surface area contributed by atoms with Crippen LogP contribution in [0.1, 0.15) is 18.4 Å². The molecule has 0 amide bonds. The van der Waals surface area contributed by atoms with Crippen molar-refractivity contribution >= 4 is 5.78 Å². The number of Topliss-reactive ketones (excluding diaryl/α,β-unsaturated/α-hetero) is 1. The molecule has 1 aliphatic carbocycles. The number of ether oxygens (including phenoxy) is 1. The zero-order chi connectivity index (χ0) is 12.4. The second-order valence-electron chi connectivity index (χ2n) is 4.37. The average molecular weight is 240 g/mol. The minimum absolute atomic E-state index is 0.0951. The Balaban J connectivity index is 2.08. The molecular formula is C13H14F2O2. The molecule has 0 spiro atoms. The Hall–Kier alpha value is -1.29. The van der Waals surface area contributed by atoms with E-state index in [2.05, 4.69) is 0 Å². The summed E-state index contributed by atoms with van der Waals surface area (Å²) < 4.78 is 31.4. The van der Waals surface area contributed by atoms with E-state index < -0.39 is 17.7 Å². The maximum Gasteiger partial charge on any atom is 0.166 e. The van der Waals surface area contributed by atoms with E-state index in [0.29, 0.717) is 0 Å². The van der Waals surface area contributed by atoms with E-state index in [1.165, 1.54) is 7.11 Å². The minimum atomic E-state index is -0.551. The molecule has 92 valence electrons. The fraction of sp³-hybridized carbons (Fsp3) is 0.462. The molecular weight excluding hydrogens is 226 g/mol. The van der Waals surface area contributed by atoms with Crippen LogP contribution in [0.15, 0.2) is 18.2 Å². The third kappa shape index (κ3) is 2.88. The quantitative estimate of drug-likeness (QED) is 0.790. The van der Waals surface area contributed by atoms with Crippen LogP contribution >= 0.6 is 0 Å². The third-order valence-electron chi connectivity index (χ3n) is 2.99. The van der Waals surface area contributed by atoms with Gasteiger partial charge in [-0.2, -0.15) is 0 Å². The predicted molar refractivity (Wildman–Crippen MR) is 58.6 cm³/mol. The van der Waals surface area contributed by atoms with Crippen LogP contribution in [0.5, 0.6) is 0 Å². The van der Waals surface area contributed by atoms with Crippen molar-refractivity contribution in [3.05, 3.63) is 35.4 Å². The first-order valence-corrected chi connectivity index (χ1v) is 5.61. The van der Waals surface area contributed by atoms with E-state index in [4.69, 9.17) is 4.74 Å². The highest BCUT2D eigenvalue weighted by atomic mass is 19.1. The molecule has 1 aromatic rings. The van der Waals surface area contributed by atoms with Crippen LogP contribution in [-0.2, 0) is 16.0 Å². The number of hydrogen-bond acceptors (Lipinski definition) is 2. The monoisotopic (exact) mass is 240 g/mol. The van der Waals surface area contributed by atoms with E-state index in [1.807, 2.05) is 0 Å². The zero-order valence-electron chi connectivity index (χ0n) is 9.58.